The van der Waals surface area contributed by atoms with Crippen LogP contribution < -0.4 is 10.1 Å². The number of benzene rings is 2. The fourth-order valence-corrected chi connectivity index (χ4v) is 3.91. The Hall–Kier alpha value is -3.13. The van der Waals surface area contributed by atoms with Crippen molar-refractivity contribution < 1.29 is 22.5 Å². The Labute approximate surface area is 176 Å². The third kappa shape index (κ3) is 5.27. The highest BCUT2D eigenvalue weighted by Crippen LogP contribution is 2.27. The molecule has 7 nitrogen and oxygen atoms in total. The average molecular weight is 429 g/mol. The molecular formula is C22H24N2O5S. The number of nitrogens with zero attached hydrogens (tertiary/aromatic N) is 1. The Morgan fingerprint density at radius 3 is 2.13 bits per heavy atom. The van der Waals surface area contributed by atoms with Gasteiger partial charge in [0.2, 0.25) is 5.91 Å². The molecule has 3 rings (SSSR count). The van der Waals surface area contributed by atoms with Crippen molar-refractivity contribution >= 4 is 21.4 Å². The van der Waals surface area contributed by atoms with Gasteiger partial charge in [0.1, 0.15) is 17.3 Å². The molecule has 8 heteroatoms. The van der Waals surface area contributed by atoms with Crippen molar-refractivity contribution in [1.82, 2.24) is 5.16 Å². The van der Waals surface area contributed by atoms with Crippen LogP contribution in [-0.4, -0.2) is 25.7 Å². The third-order valence-electron chi connectivity index (χ3n) is 4.70. The molecule has 0 saturated carbocycles. The second kappa shape index (κ2) is 8.71. The van der Waals surface area contributed by atoms with Crippen LogP contribution >= 0.6 is 0 Å². The number of aryl methyl sites for hydroxylation is 2. The van der Waals surface area contributed by atoms with Gasteiger partial charge in [-0.15, -0.1) is 0 Å². The summed E-state index contributed by atoms with van der Waals surface area (Å²) in [4.78, 5) is 12.6. The number of nitrogens with one attached hydrogen (secondary N) is 1. The first-order chi connectivity index (χ1) is 14.1. The van der Waals surface area contributed by atoms with Crippen molar-refractivity contribution in [2.24, 2.45) is 0 Å². The summed E-state index contributed by atoms with van der Waals surface area (Å²) < 4.78 is 33.9. The molecule has 0 aliphatic rings. The van der Waals surface area contributed by atoms with Crippen molar-refractivity contribution in [2.75, 3.05) is 11.6 Å². The van der Waals surface area contributed by atoms with Gasteiger partial charge in [0.15, 0.2) is 9.84 Å². The second-order valence-corrected chi connectivity index (χ2v) is 9.28. The van der Waals surface area contributed by atoms with Gasteiger partial charge in [-0.05, 0) is 68.3 Å². The summed E-state index contributed by atoms with van der Waals surface area (Å²) in [6.45, 7) is 5.68. The van der Waals surface area contributed by atoms with Crippen molar-refractivity contribution in [3.63, 3.8) is 0 Å². The fraction of sp³-hybridized carbons (Fsp3) is 0.273. The summed E-state index contributed by atoms with van der Waals surface area (Å²) in [5, 5.41) is 6.82. The van der Waals surface area contributed by atoms with Crippen LogP contribution in [0.25, 0.3) is 0 Å². The molecule has 0 fully saturated rings. The van der Waals surface area contributed by atoms with E-state index in [-0.39, 0.29) is 16.7 Å². The van der Waals surface area contributed by atoms with Crippen LogP contribution in [0.3, 0.4) is 0 Å². The van der Waals surface area contributed by atoms with Crippen LogP contribution in [0.5, 0.6) is 11.5 Å². The van der Waals surface area contributed by atoms with Crippen molar-refractivity contribution in [1.29, 1.82) is 0 Å². The van der Waals surface area contributed by atoms with Crippen LogP contribution in [0.4, 0.5) is 5.69 Å². The first-order valence-electron chi connectivity index (χ1n) is 9.44. The van der Waals surface area contributed by atoms with Crippen LogP contribution in [0.1, 0.15) is 36.3 Å². The summed E-state index contributed by atoms with van der Waals surface area (Å²) in [6, 6.07) is 13.2. The van der Waals surface area contributed by atoms with Crippen molar-refractivity contribution in [3.05, 3.63) is 65.5 Å². The SMILES string of the molecule is Cc1noc(C)c1[C@H](C)CC(=O)Nc1ccc(Oc2ccc(S(C)(=O)=O)cc2)cc1. The number of carbonyl (C=O) groups excluding carboxylic acids is 1. The monoisotopic (exact) mass is 428 g/mol. The first-order valence-corrected chi connectivity index (χ1v) is 11.3. The number of sulfone groups is 1. The second-order valence-electron chi connectivity index (χ2n) is 7.26. The molecule has 1 N–H and O–H groups in total. The Morgan fingerprint density at radius 1 is 1.07 bits per heavy atom. The van der Waals surface area contributed by atoms with E-state index in [0.29, 0.717) is 23.6 Å². The van der Waals surface area contributed by atoms with Crippen LogP contribution in [-0.2, 0) is 14.6 Å². The van der Waals surface area contributed by atoms with Gasteiger partial charge in [0.05, 0.1) is 10.6 Å². The lowest BCUT2D eigenvalue weighted by Gasteiger charge is -2.12. The van der Waals surface area contributed by atoms with Gasteiger partial charge in [-0.25, -0.2) is 8.42 Å². The number of amides is 1. The molecule has 1 atom stereocenters. The normalized spacial score (nSPS) is 12.4. The molecule has 0 aliphatic heterocycles. The highest BCUT2D eigenvalue weighted by atomic mass is 32.2. The molecule has 0 aliphatic carbocycles. The summed E-state index contributed by atoms with van der Waals surface area (Å²) in [5.74, 6) is 1.72. The van der Waals surface area contributed by atoms with Crippen LogP contribution in [0, 0.1) is 13.8 Å². The smallest absolute Gasteiger partial charge is 0.224 e. The molecule has 0 saturated heterocycles. The minimum absolute atomic E-state index is 0.00577. The van der Waals surface area contributed by atoms with E-state index in [0.717, 1.165) is 23.3 Å². The lowest BCUT2D eigenvalue weighted by Crippen LogP contribution is -2.14. The van der Waals surface area contributed by atoms with Gasteiger partial charge in [-0.2, -0.15) is 0 Å². The average Bonchev–Trinajstić information content (AvgIpc) is 3.01. The first kappa shape index (κ1) is 21.6. The van der Waals surface area contributed by atoms with Gasteiger partial charge >= 0.3 is 0 Å². The minimum atomic E-state index is -3.24. The molecule has 0 bridgehead atoms. The molecule has 0 radical (unpaired) electrons. The highest BCUT2D eigenvalue weighted by Gasteiger charge is 2.19. The van der Waals surface area contributed by atoms with Gasteiger partial charge < -0.3 is 14.6 Å². The molecule has 30 heavy (non-hydrogen) atoms. The minimum Gasteiger partial charge on any atom is -0.457 e. The molecule has 3 aromatic rings. The van der Waals surface area contributed by atoms with Gasteiger partial charge in [-0.3, -0.25) is 4.79 Å². The fourth-order valence-electron chi connectivity index (χ4n) is 3.28. The van der Waals surface area contributed by atoms with Crippen LogP contribution in [0.2, 0.25) is 0 Å². The Balaban J connectivity index is 1.58. The van der Waals surface area contributed by atoms with Gasteiger partial charge in [0.25, 0.3) is 0 Å². The van der Waals surface area contributed by atoms with Crippen LogP contribution in [0.15, 0.2) is 57.9 Å². The molecule has 1 aromatic heterocycles. The van der Waals surface area contributed by atoms with E-state index in [2.05, 4.69) is 10.5 Å². The Morgan fingerprint density at radius 2 is 1.63 bits per heavy atom. The zero-order valence-electron chi connectivity index (χ0n) is 17.3. The molecule has 0 unspecified atom stereocenters. The van der Waals surface area contributed by atoms with Crippen molar-refractivity contribution in [2.45, 2.75) is 38.0 Å². The maximum Gasteiger partial charge on any atom is 0.224 e. The summed E-state index contributed by atoms with van der Waals surface area (Å²) >= 11 is 0. The highest BCUT2D eigenvalue weighted by molar-refractivity contribution is 7.90. The number of hydrogen-bond acceptors (Lipinski definition) is 6. The maximum absolute atomic E-state index is 12.4. The van der Waals surface area contributed by atoms with Crippen molar-refractivity contribution in [3.8, 4) is 11.5 Å². The van der Waals surface area contributed by atoms with E-state index in [1.54, 1.807) is 36.4 Å². The summed E-state index contributed by atoms with van der Waals surface area (Å²) in [5.41, 5.74) is 2.43. The molecule has 1 heterocycles. The number of carbonyl (C=O) groups is 1. The number of aromatic nitrogens is 1. The van der Waals surface area contributed by atoms with E-state index in [1.165, 1.54) is 12.1 Å². The Kier molecular flexibility index (Phi) is 6.26. The van der Waals surface area contributed by atoms with E-state index in [9.17, 15) is 13.2 Å². The lowest BCUT2D eigenvalue weighted by molar-refractivity contribution is -0.116. The largest absolute Gasteiger partial charge is 0.457 e. The number of anilines is 1. The predicted molar refractivity (Wildman–Crippen MR) is 114 cm³/mol. The zero-order valence-corrected chi connectivity index (χ0v) is 18.1. The Bertz CT molecular complexity index is 1110. The van der Waals surface area contributed by atoms with Gasteiger partial charge in [0, 0.05) is 23.9 Å². The molecule has 2 aromatic carbocycles. The van der Waals surface area contributed by atoms with E-state index >= 15 is 0 Å². The third-order valence-corrected chi connectivity index (χ3v) is 5.83. The zero-order chi connectivity index (χ0) is 21.9. The molecule has 1 amide bonds. The molecule has 0 spiro atoms. The molecule has 158 valence electrons. The topological polar surface area (TPSA) is 98.5 Å². The quantitative estimate of drug-likeness (QED) is 0.590. The number of hydrogen-bond donors (Lipinski definition) is 1. The van der Waals surface area contributed by atoms with E-state index in [1.807, 2.05) is 20.8 Å². The lowest BCUT2D eigenvalue weighted by atomic mass is 9.96. The maximum atomic E-state index is 12.4. The summed E-state index contributed by atoms with van der Waals surface area (Å²) in [6.07, 6.45) is 1.47. The number of ether oxygens (including phenoxy) is 1. The molecular weight excluding hydrogens is 404 g/mol. The predicted octanol–water partition coefficient (Wildman–Crippen LogP) is 4.62. The van der Waals surface area contributed by atoms with E-state index in [4.69, 9.17) is 9.26 Å². The summed E-state index contributed by atoms with van der Waals surface area (Å²) in [7, 11) is -3.24. The van der Waals surface area contributed by atoms with E-state index < -0.39 is 9.84 Å². The number of rotatable bonds is 7. The standard InChI is InChI=1S/C22H24N2O5S/c1-14(22-15(2)24-29-16(22)3)13-21(25)23-17-5-7-18(8-6-17)28-19-9-11-20(12-10-19)30(4,26)27/h5-12,14H,13H2,1-4H3,(H,23,25)/t14-/m1/s1. The van der Waals surface area contributed by atoms with Gasteiger partial charge in [-0.1, -0.05) is 12.1 Å².